The number of imidazole rings is 1. The van der Waals surface area contributed by atoms with E-state index < -0.39 is 6.09 Å². The van der Waals surface area contributed by atoms with Gasteiger partial charge in [-0.1, -0.05) is 5.11 Å². The SMILES string of the molecule is [N-]=[N+]=NCc1cn(CCCN2CCC(OC(N)=O)CC2)cn1. The van der Waals surface area contributed by atoms with Crippen LogP contribution in [0.1, 0.15) is 25.0 Å². The predicted octanol–water partition coefficient (Wildman–Crippen LogP) is 1.64. The van der Waals surface area contributed by atoms with Crippen molar-refractivity contribution >= 4 is 6.09 Å². The molecule has 9 heteroatoms. The number of amides is 1. The first kappa shape index (κ1) is 16.1. The summed E-state index contributed by atoms with van der Waals surface area (Å²) in [6.07, 6.45) is 5.63. The zero-order valence-corrected chi connectivity index (χ0v) is 12.5. The molecule has 0 unspecified atom stereocenters. The van der Waals surface area contributed by atoms with Crippen LogP contribution in [0.15, 0.2) is 17.6 Å². The van der Waals surface area contributed by atoms with Crippen LogP contribution < -0.4 is 5.73 Å². The number of carbonyl (C=O) groups excluding carboxylic acids is 1. The fraction of sp³-hybridized carbons (Fsp3) is 0.692. The Morgan fingerprint density at radius 2 is 2.27 bits per heavy atom. The lowest BCUT2D eigenvalue weighted by Crippen LogP contribution is -2.39. The molecule has 1 aliphatic rings. The van der Waals surface area contributed by atoms with Gasteiger partial charge in [0.05, 0.1) is 18.6 Å². The van der Waals surface area contributed by atoms with Crippen LogP contribution in [-0.4, -0.2) is 46.3 Å². The Bertz CT molecular complexity index is 530. The Balaban J connectivity index is 1.64. The highest BCUT2D eigenvalue weighted by molar-refractivity contribution is 5.64. The molecule has 1 fully saturated rings. The standard InChI is InChI=1S/C13H21N7O2/c14-13(21)22-12-2-6-19(7-3-12)4-1-5-20-9-11(16-10-20)8-17-18-15/h9-10,12H,1-8H2,(H2,14,21). The number of hydrogen-bond donors (Lipinski definition) is 1. The molecule has 0 saturated carbocycles. The lowest BCUT2D eigenvalue weighted by atomic mass is 10.1. The van der Waals surface area contributed by atoms with Crippen molar-refractivity contribution in [1.29, 1.82) is 0 Å². The number of likely N-dealkylation sites (tertiary alicyclic amines) is 1. The fourth-order valence-corrected chi connectivity index (χ4v) is 2.61. The molecule has 2 rings (SSSR count). The van der Waals surface area contributed by atoms with Crippen molar-refractivity contribution in [2.24, 2.45) is 10.8 Å². The van der Waals surface area contributed by atoms with E-state index in [0.29, 0.717) is 0 Å². The molecule has 0 bridgehead atoms. The number of carbonyl (C=O) groups is 1. The van der Waals surface area contributed by atoms with Crippen LogP contribution in [0.5, 0.6) is 0 Å². The third-order valence-electron chi connectivity index (χ3n) is 3.69. The van der Waals surface area contributed by atoms with E-state index in [1.807, 2.05) is 10.8 Å². The number of piperidine rings is 1. The minimum absolute atomic E-state index is 0.0364. The van der Waals surface area contributed by atoms with Gasteiger partial charge >= 0.3 is 6.09 Å². The summed E-state index contributed by atoms with van der Waals surface area (Å²) in [6.45, 7) is 4.00. The van der Waals surface area contributed by atoms with E-state index in [0.717, 1.165) is 51.1 Å². The Morgan fingerprint density at radius 3 is 2.95 bits per heavy atom. The van der Waals surface area contributed by atoms with Crippen molar-refractivity contribution in [3.05, 3.63) is 28.7 Å². The molecule has 2 heterocycles. The molecular weight excluding hydrogens is 286 g/mol. The minimum atomic E-state index is -0.685. The monoisotopic (exact) mass is 307 g/mol. The van der Waals surface area contributed by atoms with Crippen molar-refractivity contribution in [3.63, 3.8) is 0 Å². The zero-order valence-electron chi connectivity index (χ0n) is 12.5. The smallest absolute Gasteiger partial charge is 0.404 e. The second-order valence-electron chi connectivity index (χ2n) is 5.32. The number of azide groups is 1. The van der Waals surface area contributed by atoms with E-state index in [1.54, 1.807) is 6.33 Å². The van der Waals surface area contributed by atoms with E-state index in [-0.39, 0.29) is 12.6 Å². The van der Waals surface area contributed by atoms with Gasteiger partial charge in [0.2, 0.25) is 0 Å². The molecule has 0 radical (unpaired) electrons. The number of primary amides is 1. The summed E-state index contributed by atoms with van der Waals surface area (Å²) < 4.78 is 7.02. The normalized spacial score (nSPS) is 16.2. The molecular formula is C13H21N7O2. The Morgan fingerprint density at radius 1 is 1.50 bits per heavy atom. The van der Waals surface area contributed by atoms with Gasteiger partial charge in [-0.15, -0.1) is 0 Å². The maximum Gasteiger partial charge on any atom is 0.404 e. The summed E-state index contributed by atoms with van der Waals surface area (Å²) in [7, 11) is 0. The van der Waals surface area contributed by atoms with Gasteiger partial charge < -0.3 is 19.9 Å². The van der Waals surface area contributed by atoms with Crippen molar-refractivity contribution in [2.75, 3.05) is 19.6 Å². The first-order chi connectivity index (χ1) is 10.7. The van der Waals surface area contributed by atoms with Gasteiger partial charge in [0.15, 0.2) is 0 Å². The second kappa shape index (κ2) is 8.26. The number of aryl methyl sites for hydroxylation is 1. The Kier molecular flexibility index (Phi) is 6.05. The molecule has 9 nitrogen and oxygen atoms in total. The lowest BCUT2D eigenvalue weighted by molar-refractivity contribution is 0.0557. The molecule has 1 amide bonds. The minimum Gasteiger partial charge on any atom is -0.446 e. The average Bonchev–Trinajstić information content (AvgIpc) is 2.94. The van der Waals surface area contributed by atoms with Crippen LogP contribution in [0.4, 0.5) is 4.79 Å². The molecule has 0 aliphatic carbocycles. The summed E-state index contributed by atoms with van der Waals surface area (Å²) in [5.41, 5.74) is 14.1. The van der Waals surface area contributed by atoms with Crippen molar-refractivity contribution < 1.29 is 9.53 Å². The molecule has 2 N–H and O–H groups in total. The van der Waals surface area contributed by atoms with Crippen LogP contribution in [0.3, 0.4) is 0 Å². The molecule has 120 valence electrons. The van der Waals surface area contributed by atoms with Crippen LogP contribution in [0.25, 0.3) is 10.4 Å². The summed E-state index contributed by atoms with van der Waals surface area (Å²) in [5.74, 6) is 0. The number of hydrogen-bond acceptors (Lipinski definition) is 5. The number of nitrogens with zero attached hydrogens (tertiary/aromatic N) is 6. The van der Waals surface area contributed by atoms with E-state index in [9.17, 15) is 4.79 Å². The Labute approximate surface area is 128 Å². The maximum absolute atomic E-state index is 10.7. The predicted molar refractivity (Wildman–Crippen MR) is 79.8 cm³/mol. The maximum atomic E-state index is 10.7. The molecule has 1 aromatic heterocycles. The lowest BCUT2D eigenvalue weighted by Gasteiger charge is -2.31. The van der Waals surface area contributed by atoms with E-state index in [4.69, 9.17) is 16.0 Å². The molecule has 0 spiro atoms. The molecule has 0 aromatic carbocycles. The third-order valence-corrected chi connectivity index (χ3v) is 3.69. The van der Waals surface area contributed by atoms with Gasteiger partial charge in [-0.2, -0.15) is 0 Å². The van der Waals surface area contributed by atoms with Crippen LogP contribution in [0.2, 0.25) is 0 Å². The summed E-state index contributed by atoms with van der Waals surface area (Å²) in [5, 5.41) is 3.49. The number of nitrogens with two attached hydrogens (primary N) is 1. The summed E-state index contributed by atoms with van der Waals surface area (Å²) >= 11 is 0. The number of aromatic nitrogens is 2. The van der Waals surface area contributed by atoms with Crippen LogP contribution in [-0.2, 0) is 17.8 Å². The molecule has 1 saturated heterocycles. The van der Waals surface area contributed by atoms with Crippen LogP contribution in [0, 0.1) is 0 Å². The number of rotatable bonds is 7. The fourth-order valence-electron chi connectivity index (χ4n) is 2.61. The molecule has 1 aromatic rings. The Hall–Kier alpha value is -2.25. The van der Waals surface area contributed by atoms with Crippen LogP contribution >= 0.6 is 0 Å². The molecule has 0 atom stereocenters. The topological polar surface area (TPSA) is 122 Å². The molecule has 22 heavy (non-hydrogen) atoms. The largest absolute Gasteiger partial charge is 0.446 e. The van der Waals surface area contributed by atoms with Gasteiger partial charge in [0.1, 0.15) is 6.10 Å². The van der Waals surface area contributed by atoms with E-state index in [2.05, 4.69) is 19.9 Å². The highest BCUT2D eigenvalue weighted by atomic mass is 16.6. The molecule has 1 aliphatic heterocycles. The van der Waals surface area contributed by atoms with Gasteiger partial charge in [0, 0.05) is 30.7 Å². The first-order valence-corrected chi connectivity index (χ1v) is 7.37. The van der Waals surface area contributed by atoms with Crippen molar-refractivity contribution in [1.82, 2.24) is 14.5 Å². The third kappa shape index (κ3) is 5.27. The van der Waals surface area contributed by atoms with Gasteiger partial charge in [-0.05, 0) is 31.3 Å². The average molecular weight is 307 g/mol. The summed E-state index contributed by atoms with van der Waals surface area (Å²) in [4.78, 5) is 20.0. The van der Waals surface area contributed by atoms with Gasteiger partial charge in [-0.25, -0.2) is 9.78 Å². The highest BCUT2D eigenvalue weighted by Crippen LogP contribution is 2.14. The highest BCUT2D eigenvalue weighted by Gasteiger charge is 2.20. The summed E-state index contributed by atoms with van der Waals surface area (Å²) in [6, 6.07) is 0. The number of ether oxygens (including phenoxy) is 1. The van der Waals surface area contributed by atoms with Gasteiger partial charge in [-0.3, -0.25) is 0 Å². The quantitative estimate of drug-likeness (QED) is 0.467. The zero-order chi connectivity index (χ0) is 15.8. The van der Waals surface area contributed by atoms with Crippen molar-refractivity contribution in [3.8, 4) is 0 Å². The second-order valence-corrected chi connectivity index (χ2v) is 5.32. The van der Waals surface area contributed by atoms with E-state index >= 15 is 0 Å². The van der Waals surface area contributed by atoms with Crippen molar-refractivity contribution in [2.45, 2.75) is 38.5 Å². The van der Waals surface area contributed by atoms with Gasteiger partial charge in [0.25, 0.3) is 0 Å². The van der Waals surface area contributed by atoms with E-state index in [1.165, 1.54) is 0 Å². The first-order valence-electron chi connectivity index (χ1n) is 7.37.